The summed E-state index contributed by atoms with van der Waals surface area (Å²) in [5.74, 6) is 2.20. The van der Waals surface area contributed by atoms with E-state index in [1.165, 1.54) is 56.1 Å². The van der Waals surface area contributed by atoms with Crippen molar-refractivity contribution in [2.75, 3.05) is 13.9 Å². The first-order chi connectivity index (χ1) is 24.6. The standard InChI is InChI=1S/C47H88O4Si2/c1-32(2)52(33(3)4,34(5)6)50-42-29-41(39(14)45(30-42)51-53(35(7)8,36(9)10)37(11)12)24-23-40-22-20-28-47(17)43(25-26-44(40)47)38(13)21-19-27-46(15,16)49-31-48-18/h23-24,32-38,42-45H,14,19-22,25-31H2,1-13,15-18H3/b40-23+,41-24-/t38-,42-,43-,44+,45+,47-/m1/s1. The van der Waals surface area contributed by atoms with Crippen LogP contribution < -0.4 is 0 Å². The summed E-state index contributed by atoms with van der Waals surface area (Å²) in [5, 5.41) is 0. The van der Waals surface area contributed by atoms with Crippen LogP contribution in [0, 0.1) is 23.2 Å². The molecule has 3 rings (SSSR count). The number of allylic oxidation sites excluding steroid dienone is 3. The average molecular weight is 773 g/mol. The van der Waals surface area contributed by atoms with Crippen LogP contribution in [-0.2, 0) is 18.3 Å². The summed E-state index contributed by atoms with van der Waals surface area (Å²) in [7, 11) is -2.50. The highest BCUT2D eigenvalue weighted by molar-refractivity contribution is 6.78. The number of rotatable bonds is 19. The lowest BCUT2D eigenvalue weighted by molar-refractivity contribution is -0.118. The first-order valence-corrected chi connectivity index (χ1v) is 26.5. The Morgan fingerprint density at radius 1 is 0.811 bits per heavy atom. The maximum Gasteiger partial charge on any atom is 0.201 e. The minimum atomic E-state index is -2.13. The minimum absolute atomic E-state index is 0.0219. The molecule has 0 aromatic rings. The van der Waals surface area contributed by atoms with Gasteiger partial charge in [0.25, 0.3) is 0 Å². The van der Waals surface area contributed by atoms with Gasteiger partial charge in [-0.2, -0.15) is 0 Å². The summed E-state index contributed by atoms with van der Waals surface area (Å²) in [6.45, 7) is 43.8. The predicted octanol–water partition coefficient (Wildman–Crippen LogP) is 14.7. The zero-order valence-corrected chi connectivity index (χ0v) is 40.1. The van der Waals surface area contributed by atoms with Crippen molar-refractivity contribution in [3.05, 3.63) is 35.5 Å². The van der Waals surface area contributed by atoms with Crippen LogP contribution in [0.2, 0.25) is 33.2 Å². The molecule has 3 saturated carbocycles. The van der Waals surface area contributed by atoms with Crippen LogP contribution in [0.4, 0.5) is 0 Å². The Bertz CT molecular complexity index is 1190. The second-order valence-electron chi connectivity index (χ2n) is 20.7. The van der Waals surface area contributed by atoms with Gasteiger partial charge >= 0.3 is 0 Å². The quantitative estimate of drug-likeness (QED) is 0.0968. The smallest absolute Gasteiger partial charge is 0.201 e. The van der Waals surface area contributed by atoms with Gasteiger partial charge in [0.15, 0.2) is 0 Å². The first-order valence-electron chi connectivity index (χ1n) is 22.2. The number of ether oxygens (including phenoxy) is 2. The zero-order chi connectivity index (χ0) is 40.1. The Morgan fingerprint density at radius 3 is 1.89 bits per heavy atom. The molecule has 0 aromatic carbocycles. The second-order valence-corrected chi connectivity index (χ2v) is 31.5. The van der Waals surface area contributed by atoms with E-state index in [1.807, 2.05) is 0 Å². The van der Waals surface area contributed by atoms with E-state index in [1.54, 1.807) is 12.7 Å². The maximum absolute atomic E-state index is 7.62. The van der Waals surface area contributed by atoms with Gasteiger partial charge < -0.3 is 18.3 Å². The van der Waals surface area contributed by atoms with E-state index in [0.29, 0.717) is 51.4 Å². The highest BCUT2D eigenvalue weighted by atomic mass is 28.4. The van der Waals surface area contributed by atoms with E-state index in [2.05, 4.69) is 123 Å². The SMILES string of the molecule is C=C1/C(=C\C=C2/CCC[C@]3(C)[C@@H]([C@H](C)CCCC(C)(C)OCOC)CC[C@@H]23)C[C@@H](O[Si](C(C)C)(C(C)C)C(C)C)C[C@@H]1O[Si](C(C)C)(C(C)C)C(C)C. The molecule has 0 unspecified atom stereocenters. The summed E-state index contributed by atoms with van der Waals surface area (Å²) in [6.07, 6.45) is 17.3. The Morgan fingerprint density at radius 2 is 1.36 bits per heavy atom. The van der Waals surface area contributed by atoms with Gasteiger partial charge in [0.05, 0.1) is 17.8 Å². The van der Waals surface area contributed by atoms with E-state index in [4.69, 9.17) is 24.9 Å². The highest BCUT2D eigenvalue weighted by Gasteiger charge is 2.52. The average Bonchev–Trinajstić information content (AvgIpc) is 3.41. The van der Waals surface area contributed by atoms with E-state index in [9.17, 15) is 0 Å². The molecule has 3 aliphatic carbocycles. The lowest BCUT2D eigenvalue weighted by atomic mass is 9.60. The molecule has 0 bridgehead atoms. The third-order valence-electron chi connectivity index (χ3n) is 15.1. The highest BCUT2D eigenvalue weighted by Crippen LogP contribution is 2.60. The van der Waals surface area contributed by atoms with Crippen LogP contribution in [0.1, 0.15) is 175 Å². The van der Waals surface area contributed by atoms with Crippen molar-refractivity contribution in [2.24, 2.45) is 23.2 Å². The number of methoxy groups -OCH3 is 1. The topological polar surface area (TPSA) is 36.9 Å². The van der Waals surface area contributed by atoms with Gasteiger partial charge in [-0.05, 0) is 126 Å². The van der Waals surface area contributed by atoms with Gasteiger partial charge in [-0.3, -0.25) is 0 Å². The molecule has 3 fully saturated rings. The Kier molecular flexibility index (Phi) is 17.1. The Balaban J connectivity index is 1.95. The molecule has 0 aromatic heterocycles. The third-order valence-corrected chi connectivity index (χ3v) is 27.3. The molecule has 0 heterocycles. The number of hydrogen-bond donors (Lipinski definition) is 0. The van der Waals surface area contributed by atoms with Crippen LogP contribution in [0.25, 0.3) is 0 Å². The van der Waals surface area contributed by atoms with Crippen LogP contribution in [-0.4, -0.2) is 48.3 Å². The van der Waals surface area contributed by atoms with Gasteiger partial charge in [-0.25, -0.2) is 0 Å². The fraction of sp³-hybridized carbons (Fsp3) is 0.872. The zero-order valence-electron chi connectivity index (χ0n) is 38.1. The van der Waals surface area contributed by atoms with E-state index < -0.39 is 16.6 Å². The van der Waals surface area contributed by atoms with E-state index in [-0.39, 0.29) is 17.8 Å². The molecule has 0 amide bonds. The normalized spacial score (nSPS) is 28.5. The number of fused-ring (bicyclic) bond motifs is 1. The number of hydrogen-bond acceptors (Lipinski definition) is 4. The molecule has 53 heavy (non-hydrogen) atoms. The summed E-state index contributed by atoms with van der Waals surface area (Å²) in [6, 6.07) is 0. The summed E-state index contributed by atoms with van der Waals surface area (Å²) in [5.41, 5.74) is 7.84. The first kappa shape index (κ1) is 46.9. The van der Waals surface area contributed by atoms with E-state index in [0.717, 1.165) is 31.1 Å². The maximum atomic E-state index is 7.62. The Hall–Kier alpha value is -0.506. The molecular weight excluding hydrogens is 685 g/mol. The molecule has 0 saturated heterocycles. The fourth-order valence-electron chi connectivity index (χ4n) is 12.5. The van der Waals surface area contributed by atoms with Crippen LogP contribution in [0.3, 0.4) is 0 Å². The van der Waals surface area contributed by atoms with Crippen LogP contribution in [0.15, 0.2) is 35.5 Å². The third kappa shape index (κ3) is 10.3. The van der Waals surface area contributed by atoms with Crippen molar-refractivity contribution in [2.45, 2.75) is 226 Å². The second kappa shape index (κ2) is 19.3. The summed E-state index contributed by atoms with van der Waals surface area (Å²) < 4.78 is 26.4. The van der Waals surface area contributed by atoms with Crippen molar-refractivity contribution in [3.8, 4) is 0 Å². The van der Waals surface area contributed by atoms with Gasteiger partial charge in [0.1, 0.15) is 6.79 Å². The van der Waals surface area contributed by atoms with Gasteiger partial charge in [0.2, 0.25) is 16.6 Å². The molecule has 4 nitrogen and oxygen atoms in total. The van der Waals surface area contributed by atoms with Crippen molar-refractivity contribution >= 4 is 16.6 Å². The van der Waals surface area contributed by atoms with Gasteiger partial charge in [-0.15, -0.1) is 0 Å². The fourth-order valence-corrected chi connectivity index (χ4v) is 23.7. The molecule has 6 heteroatoms. The van der Waals surface area contributed by atoms with Gasteiger partial charge in [0, 0.05) is 13.5 Å². The molecule has 0 spiro atoms. The monoisotopic (exact) mass is 773 g/mol. The van der Waals surface area contributed by atoms with Crippen molar-refractivity contribution in [1.82, 2.24) is 0 Å². The molecule has 6 atom stereocenters. The molecular formula is C47H88O4Si2. The van der Waals surface area contributed by atoms with Crippen molar-refractivity contribution in [1.29, 1.82) is 0 Å². The van der Waals surface area contributed by atoms with Crippen LogP contribution in [0.5, 0.6) is 0 Å². The molecule has 0 radical (unpaired) electrons. The summed E-state index contributed by atoms with van der Waals surface area (Å²) >= 11 is 0. The molecule has 0 N–H and O–H groups in total. The molecule has 0 aliphatic heterocycles. The minimum Gasteiger partial charge on any atom is -0.413 e. The lowest BCUT2D eigenvalue weighted by Crippen LogP contribution is -2.54. The van der Waals surface area contributed by atoms with Crippen molar-refractivity contribution < 1.29 is 18.3 Å². The predicted molar refractivity (Wildman–Crippen MR) is 235 cm³/mol. The largest absolute Gasteiger partial charge is 0.413 e. The summed E-state index contributed by atoms with van der Waals surface area (Å²) in [4.78, 5) is 0. The Labute approximate surface area is 332 Å². The van der Waals surface area contributed by atoms with Crippen molar-refractivity contribution in [3.63, 3.8) is 0 Å². The molecule has 308 valence electrons. The lowest BCUT2D eigenvalue weighted by Gasteiger charge is -2.49. The van der Waals surface area contributed by atoms with E-state index >= 15 is 0 Å². The van der Waals surface area contributed by atoms with Gasteiger partial charge in [-0.1, -0.05) is 134 Å². The van der Waals surface area contributed by atoms with Crippen LogP contribution >= 0.6 is 0 Å². The molecule has 3 aliphatic rings.